The number of hydrogen-bond acceptors (Lipinski definition) is 24. The minimum atomic E-state index is -2.49. The number of aliphatic hydroxyl groups is 2. The highest BCUT2D eigenvalue weighted by Gasteiger charge is 2.65. The number of esters is 5. The highest BCUT2D eigenvalue weighted by atomic mass is 35.5. The molecule has 3 saturated heterocycles. The van der Waals surface area contributed by atoms with Crippen LogP contribution in [-0.4, -0.2) is 232 Å². The van der Waals surface area contributed by atoms with Gasteiger partial charge in [-0.15, -0.1) is 12.4 Å². The van der Waals surface area contributed by atoms with Gasteiger partial charge in [-0.3, -0.25) is 38.4 Å². The molecule has 0 aromatic rings. The Labute approximate surface area is 688 Å². The van der Waals surface area contributed by atoms with Crippen LogP contribution < -0.4 is 0 Å². The maximum atomic E-state index is 15.1. The number of ketones is 4. The first-order valence-corrected chi connectivity index (χ1v) is 41.8. The minimum Gasteiger partial charge on any atom is -0.462 e. The fourth-order valence-electron chi connectivity index (χ4n) is 19.2. The van der Waals surface area contributed by atoms with Crippen molar-refractivity contribution in [1.82, 2.24) is 14.7 Å². The fourth-order valence-corrected chi connectivity index (χ4v) is 19.2. The van der Waals surface area contributed by atoms with E-state index in [1.54, 1.807) is 61.1 Å². The summed E-state index contributed by atoms with van der Waals surface area (Å²) in [5.74, 6) is -11.3. The van der Waals surface area contributed by atoms with Gasteiger partial charge in [-0.1, -0.05) is 90.8 Å². The van der Waals surface area contributed by atoms with Crippen molar-refractivity contribution in [2.24, 2.45) is 52.3 Å². The van der Waals surface area contributed by atoms with E-state index in [4.69, 9.17) is 47.4 Å². The van der Waals surface area contributed by atoms with Crippen LogP contribution in [0.2, 0.25) is 0 Å². The molecule has 644 valence electrons. The molecule has 115 heavy (non-hydrogen) atoms. The zero-order valence-electron chi connectivity index (χ0n) is 71.6. The van der Waals surface area contributed by atoms with Gasteiger partial charge in [0.25, 0.3) is 11.7 Å². The van der Waals surface area contributed by atoms with Crippen LogP contribution in [-0.2, 0) is 95.3 Å². The predicted octanol–water partition coefficient (Wildman–Crippen LogP) is 11.7. The standard InChI is InChI=1S/C89H133N3O22.ClH/c1-52-29-22-21-23-30-53(2)68(106-16)47-62-36-34-58(7)89(104,114-62)83(100)84(101)92-42-27-26-31-65(92)86(103)111-69(48-66(94)54(3)44-57(6)80(98)82(108-18)79(97)56(5)43-52)55(4)45-61-35-38-67(70(46-61)107-17)110-74(95)32-24-19-20-25-33-75(96)112-72-39-37-64-76-78(71(109-60(9)93)49-87(64,72)10)88(11)73(51-105-15)113-85(102)63(77(88)59(8)81(76)99)50-91(14)41-28-40-90(12)13;/h21-23,29-30,44,50,52,54-56,58,61-62,64-65,67-73,80,82,98,104H,19-20,24-28,31-43,45-49,51H2,1-18H3;1H/b23-21+,29-22+,53-30+,57-44+,63-50+;/t52-,54-,55-,56-,58-,61+,62+,64?,65+,67-,68+,69+,70-,71-,72+,73-,80-,82+,87+,88+,89-;/m1./s1. The zero-order valence-corrected chi connectivity index (χ0v) is 72.4. The summed E-state index contributed by atoms with van der Waals surface area (Å²) in [6, 6.07) is -1.22. The molecule has 0 aromatic carbocycles. The Kier molecular flexibility index (Phi) is 35.7. The lowest BCUT2D eigenvalue weighted by atomic mass is 9.52. The molecule has 4 heterocycles. The number of aliphatic hydroxyl groups excluding tert-OH is 1. The molecule has 0 spiro atoms. The first-order valence-electron chi connectivity index (χ1n) is 41.8. The van der Waals surface area contributed by atoms with E-state index in [0.717, 1.165) is 18.5 Å². The molecule has 2 N–H and O–H groups in total. The van der Waals surface area contributed by atoms with Gasteiger partial charge in [-0.2, -0.15) is 0 Å². The quantitative estimate of drug-likeness (QED) is 0.0240. The topological polar surface area (TPSA) is 313 Å². The number of allylic oxidation sites excluding steroid dienone is 8. The largest absolute Gasteiger partial charge is 0.462 e. The lowest BCUT2D eigenvalue weighted by molar-refractivity contribution is -0.265. The average molecular weight is 1630 g/mol. The predicted molar refractivity (Wildman–Crippen MR) is 433 cm³/mol. The molecular formula is C89H134ClN3O22. The summed E-state index contributed by atoms with van der Waals surface area (Å²) in [5, 5.41) is 23.9. The number of fused-ring (bicyclic) bond motifs is 7. The van der Waals surface area contributed by atoms with E-state index in [1.807, 2.05) is 91.0 Å². The van der Waals surface area contributed by atoms with Crippen LogP contribution in [0, 0.1) is 52.3 Å². The van der Waals surface area contributed by atoms with Crippen molar-refractivity contribution in [1.29, 1.82) is 0 Å². The number of ether oxygens (including phenoxy) is 10. The number of rotatable bonds is 23. The normalized spacial score (nSPS) is 35.8. The van der Waals surface area contributed by atoms with Gasteiger partial charge in [0.15, 0.2) is 11.6 Å². The smallest absolute Gasteiger partial charge is 0.340 e. The number of hydrogen-bond donors (Lipinski definition) is 2. The van der Waals surface area contributed by atoms with E-state index < -0.39 is 137 Å². The molecule has 4 aliphatic heterocycles. The van der Waals surface area contributed by atoms with E-state index in [1.165, 1.54) is 26.0 Å². The van der Waals surface area contributed by atoms with Crippen LogP contribution in [0.25, 0.3) is 0 Å². The second-order valence-corrected chi connectivity index (χ2v) is 34.8. The summed E-state index contributed by atoms with van der Waals surface area (Å²) in [7, 11) is 11.9. The highest BCUT2D eigenvalue weighted by Crippen LogP contribution is 2.64. The van der Waals surface area contributed by atoms with E-state index in [0.29, 0.717) is 131 Å². The van der Waals surface area contributed by atoms with Crippen molar-refractivity contribution >= 4 is 71.3 Å². The summed E-state index contributed by atoms with van der Waals surface area (Å²) in [4.78, 5) is 147. The second-order valence-electron chi connectivity index (χ2n) is 34.8. The summed E-state index contributed by atoms with van der Waals surface area (Å²) < 4.78 is 60.8. The van der Waals surface area contributed by atoms with Crippen molar-refractivity contribution in [3.63, 3.8) is 0 Å². The van der Waals surface area contributed by atoms with Gasteiger partial charge in [0.2, 0.25) is 5.79 Å². The maximum Gasteiger partial charge on any atom is 0.340 e. The number of unbranched alkanes of at least 4 members (excludes halogenated alkanes) is 3. The molecule has 0 radical (unpaired) electrons. The molecular weight excluding hydrogens is 1500 g/mol. The summed E-state index contributed by atoms with van der Waals surface area (Å²) >= 11 is 0. The molecule has 2 bridgehead atoms. The summed E-state index contributed by atoms with van der Waals surface area (Å²) in [6.45, 7) is 21.1. The molecule has 25 nitrogen and oxygen atoms in total. The van der Waals surface area contributed by atoms with Gasteiger partial charge in [-0.05, 0) is 197 Å². The average Bonchev–Trinajstić information content (AvgIpc) is 1.68. The molecule has 5 fully saturated rings. The number of piperidine rings is 1. The van der Waals surface area contributed by atoms with Crippen LogP contribution in [0.3, 0.4) is 0 Å². The number of methoxy groups -OCH3 is 4. The molecule has 21 atom stereocenters. The number of carbonyl (C=O) groups excluding carboxylic acids is 10. The molecule has 8 aliphatic rings. The first kappa shape index (κ1) is 95.6. The van der Waals surface area contributed by atoms with Gasteiger partial charge in [0, 0.05) is 122 Å². The van der Waals surface area contributed by atoms with Gasteiger partial charge in [-0.25, -0.2) is 9.59 Å². The Morgan fingerprint density at radius 3 is 2.10 bits per heavy atom. The van der Waals surface area contributed by atoms with Crippen molar-refractivity contribution < 1.29 is 106 Å². The van der Waals surface area contributed by atoms with Gasteiger partial charge in [0.05, 0.1) is 35.9 Å². The third-order valence-corrected chi connectivity index (χ3v) is 25.9. The molecule has 4 aliphatic carbocycles. The number of nitrogens with zero attached hydrogens (tertiary/aromatic N) is 3. The number of cyclic esters (lactones) is 2. The van der Waals surface area contributed by atoms with Crippen LogP contribution in [0.1, 0.15) is 217 Å². The number of Topliss-reactive ketones (excluding diaryl/α,β-unsaturated/α-hetero) is 4. The monoisotopic (exact) mass is 1630 g/mol. The third-order valence-electron chi connectivity index (χ3n) is 25.9. The Morgan fingerprint density at radius 1 is 0.748 bits per heavy atom. The Morgan fingerprint density at radius 2 is 1.44 bits per heavy atom. The number of amides is 1. The van der Waals surface area contributed by atoms with E-state index in [2.05, 4.69) is 4.90 Å². The maximum absolute atomic E-state index is 15.1. The highest BCUT2D eigenvalue weighted by molar-refractivity contribution is 6.39. The van der Waals surface area contributed by atoms with Crippen LogP contribution in [0.5, 0.6) is 0 Å². The lowest BCUT2D eigenvalue weighted by Gasteiger charge is -2.54. The summed E-state index contributed by atoms with van der Waals surface area (Å²) in [5.41, 5.74) is 1.61. The lowest BCUT2D eigenvalue weighted by Crippen LogP contribution is -2.61. The van der Waals surface area contributed by atoms with Crippen molar-refractivity contribution in [3.8, 4) is 0 Å². The Balaban J connectivity index is 0.0000183. The molecule has 2 saturated carbocycles. The van der Waals surface area contributed by atoms with E-state index in [-0.39, 0.29) is 117 Å². The number of carbonyl (C=O) groups is 10. The van der Waals surface area contributed by atoms with Crippen molar-refractivity contribution in [2.45, 2.75) is 290 Å². The molecule has 1 amide bonds. The summed E-state index contributed by atoms with van der Waals surface area (Å²) in [6.07, 6.45) is 13.9. The van der Waals surface area contributed by atoms with Crippen molar-refractivity contribution in [3.05, 3.63) is 81.7 Å². The van der Waals surface area contributed by atoms with Gasteiger partial charge in [0.1, 0.15) is 54.6 Å². The minimum absolute atomic E-state index is 0. The van der Waals surface area contributed by atoms with Gasteiger partial charge < -0.3 is 72.3 Å². The van der Waals surface area contributed by atoms with Crippen LogP contribution in [0.4, 0.5) is 0 Å². The zero-order chi connectivity index (χ0) is 83.8. The SMILES string of the molecule is COC[C@H]1OC(=O)/C(=C/N(C)CCCN(C)C)C2=C(C)C(=O)C3=C([C@H](OC(C)=O)C[C@@]4(C)C3CC[C@@H]4OC(=O)CCCCCCC(=O)O[C@@H]3CC[C@@H](C[C@@H](C)[C@@H]4CC(=O)[C@H](C)/C=C(\C)[C@@H](O)[C@@H](OC)C(=O)[C@H](C)C[C@H](C)/C=C/C=C/C=C(\C)[C@@H](OC)C[C@@H]5CC[C@@H](C)[C@@](O)(O5)C(=O)C(=O)N5CCCC[C@H]5C(=O)O4)C[C@H]3OC)[C@]21C.Cl. The number of halogens is 1. The second kappa shape index (κ2) is 42.9. The molecule has 0 aromatic heterocycles. The van der Waals surface area contributed by atoms with Crippen molar-refractivity contribution in [2.75, 3.05) is 75.8 Å². The van der Waals surface area contributed by atoms with Crippen LogP contribution in [0.15, 0.2) is 81.7 Å². The first-order chi connectivity index (χ1) is 54.0. The Hall–Kier alpha value is -6.55. The Bertz CT molecular complexity index is 3690. The fraction of sp³-hybridized carbons (Fsp3) is 0.730. The molecule has 1 unspecified atom stereocenters. The molecule has 8 rings (SSSR count). The van der Waals surface area contributed by atoms with E-state index >= 15 is 4.79 Å². The van der Waals surface area contributed by atoms with E-state index in [9.17, 15) is 53.4 Å². The third kappa shape index (κ3) is 23.1. The van der Waals surface area contributed by atoms with Gasteiger partial charge >= 0.3 is 29.8 Å². The molecule has 26 heteroatoms. The van der Waals surface area contributed by atoms with Crippen LogP contribution >= 0.6 is 12.4 Å².